The molecule has 0 spiro atoms. The molecule has 0 amide bonds. The third-order valence-electron chi connectivity index (χ3n) is 4.44. The minimum Gasteiger partial charge on any atom is -0.358 e. The second-order valence-corrected chi connectivity index (χ2v) is 9.66. The van der Waals surface area contributed by atoms with E-state index in [2.05, 4.69) is 4.98 Å². The summed E-state index contributed by atoms with van der Waals surface area (Å²) in [7, 11) is -3.83. The molecule has 9 nitrogen and oxygen atoms in total. The van der Waals surface area contributed by atoms with E-state index in [-0.39, 0.29) is 52.8 Å². The lowest BCUT2D eigenvalue weighted by Crippen LogP contribution is -2.49. The molecule has 3 heterocycles. The first-order valence-corrected chi connectivity index (χ1v) is 11.2. The third kappa shape index (κ3) is 3.22. The summed E-state index contributed by atoms with van der Waals surface area (Å²) in [6, 6.07) is 4.28. The summed E-state index contributed by atoms with van der Waals surface area (Å²) in [6.07, 6.45) is 1.59. The van der Waals surface area contributed by atoms with Gasteiger partial charge in [0.15, 0.2) is 0 Å². The van der Waals surface area contributed by atoms with Crippen LogP contribution in [0, 0.1) is 10.1 Å². The Hall–Kier alpha value is -1.92. The van der Waals surface area contributed by atoms with Crippen LogP contribution in [0.25, 0.3) is 4.96 Å². The monoisotopic (exact) mass is 461 g/mol. The number of sulfonamides is 1. The Morgan fingerprint density at radius 3 is 2.57 bits per heavy atom. The van der Waals surface area contributed by atoms with E-state index in [0.29, 0.717) is 4.96 Å². The summed E-state index contributed by atoms with van der Waals surface area (Å²) in [5.74, 6) is 0.125. The van der Waals surface area contributed by atoms with Gasteiger partial charge in [0, 0.05) is 36.6 Å². The maximum atomic E-state index is 12.9. The molecule has 148 valence electrons. The number of aromatic nitrogens is 2. The van der Waals surface area contributed by atoms with Crippen LogP contribution in [0.4, 0.5) is 11.6 Å². The highest BCUT2D eigenvalue weighted by atomic mass is 35.5. The molecule has 1 aliphatic heterocycles. The Kier molecular flexibility index (Phi) is 4.96. The molecule has 3 aromatic rings. The van der Waals surface area contributed by atoms with Crippen LogP contribution < -0.4 is 4.90 Å². The second-order valence-electron chi connectivity index (χ2n) is 6.04. The zero-order chi connectivity index (χ0) is 20.1. The fourth-order valence-corrected chi connectivity index (χ4v) is 5.96. The van der Waals surface area contributed by atoms with Crippen molar-refractivity contribution < 1.29 is 13.3 Å². The topological polar surface area (TPSA) is 101 Å². The highest BCUT2D eigenvalue weighted by Gasteiger charge is 2.34. The number of piperazine rings is 1. The number of hydrogen-bond donors (Lipinski definition) is 0. The van der Waals surface area contributed by atoms with Crippen LogP contribution in [0.1, 0.15) is 0 Å². The quantitative estimate of drug-likeness (QED) is 0.436. The molecule has 1 fully saturated rings. The molecular formula is C15H13Cl2N5O4S2. The van der Waals surface area contributed by atoms with Crippen LogP contribution >= 0.6 is 34.5 Å². The van der Waals surface area contributed by atoms with Crippen molar-refractivity contribution in [2.45, 2.75) is 4.90 Å². The van der Waals surface area contributed by atoms with Crippen molar-refractivity contribution in [2.24, 2.45) is 0 Å². The van der Waals surface area contributed by atoms with Crippen molar-refractivity contribution in [3.63, 3.8) is 0 Å². The Labute approximate surface area is 173 Å². The van der Waals surface area contributed by atoms with Crippen LogP contribution in [0.5, 0.6) is 0 Å². The van der Waals surface area contributed by atoms with E-state index in [9.17, 15) is 18.5 Å². The first-order chi connectivity index (χ1) is 13.3. The summed E-state index contributed by atoms with van der Waals surface area (Å²) in [5, 5.41) is 13.6. The number of anilines is 1. The van der Waals surface area contributed by atoms with E-state index in [1.807, 2.05) is 0 Å². The van der Waals surface area contributed by atoms with E-state index >= 15 is 0 Å². The first kappa shape index (κ1) is 19.4. The number of nitrogens with zero attached hydrogens (tertiary/aromatic N) is 5. The van der Waals surface area contributed by atoms with Gasteiger partial charge < -0.3 is 15.0 Å². The van der Waals surface area contributed by atoms with Crippen LogP contribution in [0.2, 0.25) is 10.0 Å². The largest absolute Gasteiger partial charge is 0.373 e. The van der Waals surface area contributed by atoms with Crippen LogP contribution in [0.3, 0.4) is 0 Å². The first-order valence-electron chi connectivity index (χ1n) is 8.09. The number of thiazole rings is 1. The Bertz CT molecular complexity index is 1170. The van der Waals surface area contributed by atoms with E-state index in [0.717, 1.165) is 0 Å². The maximum absolute atomic E-state index is 12.9. The standard InChI is InChI=1S/C15H13Cl2N5O4S2/c16-10-1-2-11(17)12(9-10)28(25,26)20-5-3-19(4-6-20)13-14(22(23)24)21-7-8-27-15(21)18-13/h1-2,7-9H,3-6H2. The van der Waals surface area contributed by atoms with Crippen molar-refractivity contribution >= 4 is 61.2 Å². The number of halogens is 2. The van der Waals surface area contributed by atoms with Crippen LogP contribution in [0.15, 0.2) is 34.7 Å². The number of imidazole rings is 1. The van der Waals surface area contributed by atoms with Gasteiger partial charge in [-0.2, -0.15) is 13.7 Å². The van der Waals surface area contributed by atoms with Gasteiger partial charge >= 0.3 is 5.82 Å². The van der Waals surface area contributed by atoms with Crippen LogP contribution in [-0.2, 0) is 10.0 Å². The molecule has 0 unspecified atom stereocenters. The van der Waals surface area contributed by atoms with E-state index in [1.54, 1.807) is 16.5 Å². The summed E-state index contributed by atoms with van der Waals surface area (Å²) >= 11 is 13.3. The van der Waals surface area contributed by atoms with Crippen LogP contribution in [-0.4, -0.2) is 53.2 Å². The molecule has 4 rings (SSSR count). The smallest absolute Gasteiger partial charge is 0.358 e. The average molecular weight is 462 g/mol. The summed E-state index contributed by atoms with van der Waals surface area (Å²) in [6.45, 7) is 0.827. The zero-order valence-electron chi connectivity index (χ0n) is 14.2. The van der Waals surface area contributed by atoms with Gasteiger partial charge in [-0.3, -0.25) is 0 Å². The Morgan fingerprint density at radius 2 is 1.89 bits per heavy atom. The Morgan fingerprint density at radius 1 is 1.18 bits per heavy atom. The fraction of sp³-hybridized carbons (Fsp3) is 0.267. The molecule has 0 saturated carbocycles. The molecular weight excluding hydrogens is 449 g/mol. The predicted octanol–water partition coefficient (Wildman–Crippen LogP) is 3.12. The van der Waals surface area contributed by atoms with Gasteiger partial charge in [-0.1, -0.05) is 34.5 Å². The normalized spacial score (nSPS) is 16.0. The predicted molar refractivity (Wildman–Crippen MR) is 107 cm³/mol. The zero-order valence-corrected chi connectivity index (χ0v) is 17.3. The lowest BCUT2D eigenvalue weighted by atomic mass is 10.3. The van der Waals surface area contributed by atoms with Crippen molar-refractivity contribution in [1.29, 1.82) is 0 Å². The number of fused-ring (bicyclic) bond motifs is 1. The molecule has 0 atom stereocenters. The molecule has 13 heteroatoms. The van der Waals surface area contributed by atoms with E-state index in [1.165, 1.54) is 38.2 Å². The van der Waals surface area contributed by atoms with Crippen molar-refractivity contribution in [3.8, 4) is 0 Å². The maximum Gasteiger partial charge on any atom is 0.373 e. The highest BCUT2D eigenvalue weighted by molar-refractivity contribution is 7.89. The lowest BCUT2D eigenvalue weighted by Gasteiger charge is -2.33. The molecule has 2 aromatic heterocycles. The fourth-order valence-electron chi connectivity index (χ4n) is 3.10. The van der Waals surface area contributed by atoms with Gasteiger partial charge in [0.2, 0.25) is 15.8 Å². The average Bonchev–Trinajstić information content (AvgIpc) is 3.24. The number of nitro groups is 1. The number of benzene rings is 1. The van der Waals surface area contributed by atoms with Gasteiger partial charge in [0.05, 0.1) is 5.02 Å². The van der Waals surface area contributed by atoms with Gasteiger partial charge in [0.25, 0.3) is 4.96 Å². The third-order valence-corrected chi connectivity index (χ3v) is 7.81. The summed E-state index contributed by atoms with van der Waals surface area (Å²) in [4.78, 5) is 17.6. The SMILES string of the molecule is O=[N+]([O-])c1c(N2CCN(S(=O)(=O)c3cc(Cl)ccc3Cl)CC2)nc2sccn12. The summed E-state index contributed by atoms with van der Waals surface area (Å²) < 4.78 is 28.6. The molecule has 28 heavy (non-hydrogen) atoms. The summed E-state index contributed by atoms with van der Waals surface area (Å²) in [5.41, 5.74) is 0. The minimum absolute atomic E-state index is 0.0522. The Balaban J connectivity index is 1.58. The number of rotatable bonds is 4. The molecule has 1 saturated heterocycles. The van der Waals surface area contributed by atoms with E-state index in [4.69, 9.17) is 23.2 Å². The molecule has 0 N–H and O–H groups in total. The second kappa shape index (κ2) is 7.16. The van der Waals surface area contributed by atoms with Crippen molar-refractivity contribution in [1.82, 2.24) is 13.7 Å². The molecule has 0 radical (unpaired) electrons. The molecule has 0 aliphatic carbocycles. The highest BCUT2D eigenvalue weighted by Crippen LogP contribution is 2.33. The lowest BCUT2D eigenvalue weighted by molar-refractivity contribution is -0.389. The molecule has 0 bridgehead atoms. The van der Waals surface area contributed by atoms with Gasteiger partial charge in [-0.05, 0) is 23.1 Å². The molecule has 1 aliphatic rings. The van der Waals surface area contributed by atoms with Crippen molar-refractivity contribution in [3.05, 3.63) is 49.9 Å². The molecule has 1 aromatic carbocycles. The minimum atomic E-state index is -3.83. The number of hydrogen-bond acceptors (Lipinski definition) is 7. The van der Waals surface area contributed by atoms with Gasteiger partial charge in [-0.15, -0.1) is 0 Å². The van der Waals surface area contributed by atoms with Gasteiger partial charge in [0.1, 0.15) is 11.1 Å². The van der Waals surface area contributed by atoms with Crippen molar-refractivity contribution in [2.75, 3.05) is 31.1 Å². The van der Waals surface area contributed by atoms with E-state index < -0.39 is 14.9 Å². The van der Waals surface area contributed by atoms with Gasteiger partial charge in [-0.25, -0.2) is 8.42 Å².